The van der Waals surface area contributed by atoms with Gasteiger partial charge in [0.15, 0.2) is 0 Å². The molecular weight excluding hydrogens is 162 g/mol. The first-order valence-corrected chi connectivity index (χ1v) is 5.08. The van der Waals surface area contributed by atoms with Crippen molar-refractivity contribution in [3.8, 4) is 0 Å². The summed E-state index contributed by atoms with van der Waals surface area (Å²) in [7, 11) is 0. The number of hydrogen-bond donors (Lipinski definition) is 1. The predicted molar refractivity (Wildman–Crippen MR) is 52.6 cm³/mol. The number of nitrogens with one attached hydrogen (secondary N) is 1. The van der Waals surface area contributed by atoms with Crippen LogP contribution < -0.4 is 5.32 Å². The van der Waals surface area contributed by atoms with Gasteiger partial charge < -0.3 is 9.88 Å². The molecule has 72 valence electrons. The summed E-state index contributed by atoms with van der Waals surface area (Å²) in [5.41, 5.74) is 1.40. The van der Waals surface area contributed by atoms with Crippen molar-refractivity contribution in [1.82, 2.24) is 14.9 Å². The van der Waals surface area contributed by atoms with Gasteiger partial charge in [0.2, 0.25) is 0 Å². The Kier molecular flexibility index (Phi) is 2.36. The van der Waals surface area contributed by atoms with Crippen LogP contribution >= 0.6 is 0 Å². The molecule has 2 rings (SSSR count). The van der Waals surface area contributed by atoms with Gasteiger partial charge in [-0.05, 0) is 12.3 Å². The maximum atomic E-state index is 4.43. The van der Waals surface area contributed by atoms with E-state index in [0.717, 1.165) is 19.6 Å². The highest BCUT2D eigenvalue weighted by Gasteiger charge is 2.16. The second-order valence-electron chi connectivity index (χ2n) is 3.74. The molecule has 0 spiro atoms. The standard InChI is InChI=1S/C10H17N3/c1-3-8(2)9-6-12-10-7-11-4-5-13(9)10/h6,8,11H,3-5,7H2,1-2H3. The smallest absolute Gasteiger partial charge is 0.122 e. The zero-order chi connectivity index (χ0) is 9.26. The molecule has 1 aromatic heterocycles. The zero-order valence-corrected chi connectivity index (χ0v) is 8.38. The van der Waals surface area contributed by atoms with Crippen molar-refractivity contribution in [2.75, 3.05) is 6.54 Å². The Morgan fingerprint density at radius 1 is 1.69 bits per heavy atom. The van der Waals surface area contributed by atoms with Crippen LogP contribution in [-0.4, -0.2) is 16.1 Å². The van der Waals surface area contributed by atoms with E-state index in [1.807, 2.05) is 6.20 Å². The summed E-state index contributed by atoms with van der Waals surface area (Å²) in [5.74, 6) is 1.83. The number of aromatic nitrogens is 2. The number of imidazole rings is 1. The Balaban J connectivity index is 2.31. The van der Waals surface area contributed by atoms with Gasteiger partial charge in [-0.3, -0.25) is 0 Å². The lowest BCUT2D eigenvalue weighted by molar-refractivity contribution is 0.482. The molecule has 0 bridgehead atoms. The topological polar surface area (TPSA) is 29.9 Å². The quantitative estimate of drug-likeness (QED) is 0.745. The second-order valence-corrected chi connectivity index (χ2v) is 3.74. The predicted octanol–water partition coefficient (Wildman–Crippen LogP) is 1.50. The highest BCUT2D eigenvalue weighted by Crippen LogP contribution is 2.20. The molecule has 0 aliphatic carbocycles. The molecule has 0 aromatic carbocycles. The lowest BCUT2D eigenvalue weighted by Gasteiger charge is -2.19. The summed E-state index contributed by atoms with van der Waals surface area (Å²) < 4.78 is 2.37. The van der Waals surface area contributed by atoms with Gasteiger partial charge in [0.25, 0.3) is 0 Å². The van der Waals surface area contributed by atoms with Crippen molar-refractivity contribution < 1.29 is 0 Å². The van der Waals surface area contributed by atoms with Crippen LogP contribution in [0.5, 0.6) is 0 Å². The maximum Gasteiger partial charge on any atom is 0.122 e. The minimum atomic E-state index is 0.638. The highest BCUT2D eigenvalue weighted by molar-refractivity contribution is 5.11. The van der Waals surface area contributed by atoms with Gasteiger partial charge in [-0.2, -0.15) is 0 Å². The average Bonchev–Trinajstić information content (AvgIpc) is 2.60. The normalized spacial score (nSPS) is 18.3. The van der Waals surface area contributed by atoms with Gasteiger partial charge in [0, 0.05) is 25.0 Å². The van der Waals surface area contributed by atoms with Crippen LogP contribution in [0.1, 0.15) is 37.7 Å². The summed E-state index contributed by atoms with van der Waals surface area (Å²) in [5, 5.41) is 3.33. The van der Waals surface area contributed by atoms with Gasteiger partial charge >= 0.3 is 0 Å². The van der Waals surface area contributed by atoms with E-state index in [1.54, 1.807) is 0 Å². The molecule has 0 radical (unpaired) electrons. The monoisotopic (exact) mass is 179 g/mol. The van der Waals surface area contributed by atoms with Crippen molar-refractivity contribution in [3.05, 3.63) is 17.7 Å². The molecule has 0 saturated heterocycles. The molecule has 1 aromatic rings. The molecule has 0 amide bonds. The van der Waals surface area contributed by atoms with Crippen LogP contribution in [0.2, 0.25) is 0 Å². The summed E-state index contributed by atoms with van der Waals surface area (Å²) in [6, 6.07) is 0. The summed E-state index contributed by atoms with van der Waals surface area (Å²) in [4.78, 5) is 4.43. The zero-order valence-electron chi connectivity index (χ0n) is 8.38. The van der Waals surface area contributed by atoms with Crippen LogP contribution in [0.3, 0.4) is 0 Å². The molecular formula is C10H17N3. The number of hydrogen-bond acceptors (Lipinski definition) is 2. The van der Waals surface area contributed by atoms with Crippen LogP contribution in [0, 0.1) is 0 Å². The third-order valence-corrected chi connectivity index (χ3v) is 2.88. The van der Waals surface area contributed by atoms with Crippen molar-refractivity contribution in [2.45, 2.75) is 39.3 Å². The maximum absolute atomic E-state index is 4.43. The second kappa shape index (κ2) is 3.50. The third kappa shape index (κ3) is 1.48. The molecule has 1 aliphatic rings. The lowest BCUT2D eigenvalue weighted by atomic mass is 10.1. The van der Waals surface area contributed by atoms with Crippen LogP contribution in [-0.2, 0) is 13.1 Å². The molecule has 13 heavy (non-hydrogen) atoms. The molecule has 0 saturated carbocycles. The SMILES string of the molecule is CCC(C)c1cnc2n1CCNC2. The molecule has 1 aliphatic heterocycles. The van der Waals surface area contributed by atoms with Crippen molar-refractivity contribution >= 4 is 0 Å². The number of nitrogens with zero attached hydrogens (tertiary/aromatic N) is 2. The van der Waals surface area contributed by atoms with E-state index in [2.05, 4.69) is 28.7 Å². The first-order chi connectivity index (χ1) is 6.33. The number of rotatable bonds is 2. The van der Waals surface area contributed by atoms with E-state index in [0.29, 0.717) is 5.92 Å². The third-order valence-electron chi connectivity index (χ3n) is 2.88. The van der Waals surface area contributed by atoms with E-state index in [1.165, 1.54) is 17.9 Å². The van der Waals surface area contributed by atoms with Gasteiger partial charge in [-0.25, -0.2) is 4.98 Å². The van der Waals surface area contributed by atoms with E-state index < -0.39 is 0 Å². The Hall–Kier alpha value is -0.830. The Morgan fingerprint density at radius 3 is 3.31 bits per heavy atom. The van der Waals surface area contributed by atoms with Gasteiger partial charge in [0.05, 0.1) is 6.54 Å². The summed E-state index contributed by atoms with van der Waals surface area (Å²) >= 11 is 0. The number of fused-ring (bicyclic) bond motifs is 1. The van der Waals surface area contributed by atoms with Gasteiger partial charge in [0.1, 0.15) is 5.82 Å². The summed E-state index contributed by atoms with van der Waals surface area (Å²) in [6.45, 7) is 7.58. The Bertz CT molecular complexity index is 290. The fourth-order valence-electron chi connectivity index (χ4n) is 1.82. The molecule has 2 heterocycles. The van der Waals surface area contributed by atoms with E-state index >= 15 is 0 Å². The minimum Gasteiger partial charge on any atom is -0.329 e. The van der Waals surface area contributed by atoms with E-state index in [9.17, 15) is 0 Å². The van der Waals surface area contributed by atoms with Gasteiger partial charge in [-0.1, -0.05) is 13.8 Å². The molecule has 3 heteroatoms. The first-order valence-electron chi connectivity index (χ1n) is 5.08. The molecule has 3 nitrogen and oxygen atoms in total. The van der Waals surface area contributed by atoms with Crippen molar-refractivity contribution in [1.29, 1.82) is 0 Å². The largest absolute Gasteiger partial charge is 0.329 e. The van der Waals surface area contributed by atoms with Crippen molar-refractivity contribution in [3.63, 3.8) is 0 Å². The Morgan fingerprint density at radius 2 is 2.54 bits per heavy atom. The minimum absolute atomic E-state index is 0.638. The van der Waals surface area contributed by atoms with Gasteiger partial charge in [-0.15, -0.1) is 0 Å². The lowest BCUT2D eigenvalue weighted by Crippen LogP contribution is -2.29. The Labute approximate surface area is 79.2 Å². The van der Waals surface area contributed by atoms with Crippen molar-refractivity contribution in [2.24, 2.45) is 0 Å². The highest BCUT2D eigenvalue weighted by atomic mass is 15.2. The molecule has 1 atom stereocenters. The average molecular weight is 179 g/mol. The summed E-state index contributed by atoms with van der Waals surface area (Å²) in [6.07, 6.45) is 3.23. The fraction of sp³-hybridized carbons (Fsp3) is 0.700. The molecule has 1 N–H and O–H groups in total. The van der Waals surface area contributed by atoms with Crippen LogP contribution in [0.25, 0.3) is 0 Å². The van der Waals surface area contributed by atoms with E-state index in [4.69, 9.17) is 0 Å². The van der Waals surface area contributed by atoms with E-state index in [-0.39, 0.29) is 0 Å². The fourth-order valence-corrected chi connectivity index (χ4v) is 1.82. The first kappa shape index (κ1) is 8.75. The van der Waals surface area contributed by atoms with Crippen LogP contribution in [0.15, 0.2) is 6.20 Å². The molecule has 1 unspecified atom stereocenters. The van der Waals surface area contributed by atoms with Crippen LogP contribution in [0.4, 0.5) is 0 Å². The molecule has 0 fully saturated rings.